The molecular formula is C18H24N4O2S. The number of rotatable bonds is 8. The van der Waals surface area contributed by atoms with Gasteiger partial charge in [0.2, 0.25) is 5.91 Å². The summed E-state index contributed by atoms with van der Waals surface area (Å²) in [6, 6.07) is 11.8. The van der Waals surface area contributed by atoms with Crippen LogP contribution in [0.2, 0.25) is 0 Å². The lowest BCUT2D eigenvalue weighted by atomic mass is 10.2. The minimum Gasteiger partial charge on any atom is -0.497 e. The highest BCUT2D eigenvalue weighted by molar-refractivity contribution is 7.09. The average Bonchev–Trinajstić information content (AvgIpc) is 3.16. The van der Waals surface area contributed by atoms with E-state index in [1.54, 1.807) is 25.5 Å². The van der Waals surface area contributed by atoms with Gasteiger partial charge in [-0.15, -0.1) is 11.3 Å². The standard InChI is InChI=1S/C18H24N4O2S/c1-19-18(20-10-9-16-4-3-11-25-16)22-13-17(23)21-12-14-5-7-15(24-2)8-6-14/h3-8,11H,9-10,12-13H2,1-2H3,(H,21,23)(H2,19,20,22). The minimum atomic E-state index is -0.0861. The van der Waals surface area contributed by atoms with E-state index < -0.39 is 0 Å². The SMILES string of the molecule is CN=C(NCCc1cccs1)NCC(=O)NCc1ccc(OC)cc1. The van der Waals surface area contributed by atoms with Crippen molar-refractivity contribution in [3.05, 3.63) is 52.2 Å². The molecule has 0 bridgehead atoms. The van der Waals surface area contributed by atoms with Gasteiger partial charge in [0, 0.05) is 25.0 Å². The zero-order chi connectivity index (χ0) is 17.9. The van der Waals surface area contributed by atoms with Crippen LogP contribution in [0.4, 0.5) is 0 Å². The fourth-order valence-electron chi connectivity index (χ4n) is 2.15. The predicted octanol–water partition coefficient (Wildman–Crippen LogP) is 1.78. The fourth-order valence-corrected chi connectivity index (χ4v) is 2.86. The van der Waals surface area contributed by atoms with Crippen LogP contribution in [0.1, 0.15) is 10.4 Å². The molecule has 1 aromatic carbocycles. The maximum absolute atomic E-state index is 11.9. The Balaban J connectivity index is 1.64. The summed E-state index contributed by atoms with van der Waals surface area (Å²) in [5.74, 6) is 1.34. The molecule has 1 heterocycles. The molecule has 0 spiro atoms. The number of methoxy groups -OCH3 is 1. The Morgan fingerprint density at radius 2 is 1.96 bits per heavy atom. The summed E-state index contributed by atoms with van der Waals surface area (Å²) in [5, 5.41) is 11.2. The first-order valence-electron chi connectivity index (χ1n) is 8.08. The Morgan fingerprint density at radius 3 is 2.60 bits per heavy atom. The number of benzene rings is 1. The van der Waals surface area contributed by atoms with Crippen molar-refractivity contribution in [2.75, 3.05) is 27.2 Å². The molecule has 2 rings (SSSR count). The van der Waals surface area contributed by atoms with Crippen molar-refractivity contribution in [2.24, 2.45) is 4.99 Å². The first-order valence-corrected chi connectivity index (χ1v) is 8.95. The number of carbonyl (C=O) groups is 1. The molecule has 3 N–H and O–H groups in total. The van der Waals surface area contributed by atoms with Crippen LogP contribution < -0.4 is 20.7 Å². The van der Waals surface area contributed by atoms with Crippen molar-refractivity contribution >= 4 is 23.2 Å². The number of nitrogens with one attached hydrogen (secondary N) is 3. The number of hydrogen-bond acceptors (Lipinski definition) is 4. The van der Waals surface area contributed by atoms with Crippen molar-refractivity contribution in [3.63, 3.8) is 0 Å². The van der Waals surface area contributed by atoms with Gasteiger partial charge in [-0.1, -0.05) is 18.2 Å². The summed E-state index contributed by atoms with van der Waals surface area (Å²) in [7, 11) is 3.32. The van der Waals surface area contributed by atoms with Gasteiger partial charge in [-0.05, 0) is 35.6 Å². The van der Waals surface area contributed by atoms with Gasteiger partial charge in [0.15, 0.2) is 5.96 Å². The fraction of sp³-hybridized carbons (Fsp3) is 0.333. The average molecular weight is 360 g/mol. The van der Waals surface area contributed by atoms with E-state index in [1.165, 1.54) is 4.88 Å². The lowest BCUT2D eigenvalue weighted by Crippen LogP contribution is -2.43. The van der Waals surface area contributed by atoms with Gasteiger partial charge in [0.25, 0.3) is 0 Å². The third-order valence-corrected chi connectivity index (χ3v) is 4.47. The smallest absolute Gasteiger partial charge is 0.239 e. The monoisotopic (exact) mass is 360 g/mol. The molecule has 0 radical (unpaired) electrons. The number of amides is 1. The minimum absolute atomic E-state index is 0.0861. The van der Waals surface area contributed by atoms with Gasteiger partial charge in [0.1, 0.15) is 5.75 Å². The summed E-state index contributed by atoms with van der Waals surface area (Å²) >= 11 is 1.73. The second-order valence-electron chi connectivity index (χ2n) is 5.31. The molecular weight excluding hydrogens is 336 g/mol. The lowest BCUT2D eigenvalue weighted by Gasteiger charge is -2.12. The summed E-state index contributed by atoms with van der Waals surface area (Å²) in [6.45, 7) is 1.43. The van der Waals surface area contributed by atoms with Crippen LogP contribution in [0.25, 0.3) is 0 Å². The van der Waals surface area contributed by atoms with E-state index in [0.29, 0.717) is 12.5 Å². The molecule has 2 aromatic rings. The number of hydrogen-bond donors (Lipinski definition) is 3. The largest absolute Gasteiger partial charge is 0.497 e. The van der Waals surface area contributed by atoms with Gasteiger partial charge in [-0.2, -0.15) is 0 Å². The van der Waals surface area contributed by atoms with Gasteiger partial charge in [-0.3, -0.25) is 9.79 Å². The normalized spacial score (nSPS) is 11.0. The van der Waals surface area contributed by atoms with Crippen LogP contribution in [-0.4, -0.2) is 39.1 Å². The number of guanidine groups is 1. The maximum Gasteiger partial charge on any atom is 0.239 e. The van der Waals surface area contributed by atoms with Crippen molar-refractivity contribution in [2.45, 2.75) is 13.0 Å². The van der Waals surface area contributed by atoms with E-state index >= 15 is 0 Å². The zero-order valence-corrected chi connectivity index (χ0v) is 15.4. The lowest BCUT2D eigenvalue weighted by molar-refractivity contribution is -0.120. The molecule has 0 unspecified atom stereocenters. The molecule has 0 saturated heterocycles. The summed E-state index contributed by atoms with van der Waals surface area (Å²) in [6.07, 6.45) is 0.933. The second-order valence-corrected chi connectivity index (χ2v) is 6.34. The van der Waals surface area contributed by atoms with Crippen molar-refractivity contribution in [1.82, 2.24) is 16.0 Å². The topological polar surface area (TPSA) is 74.8 Å². The van der Waals surface area contributed by atoms with Gasteiger partial charge in [-0.25, -0.2) is 0 Å². The first-order chi connectivity index (χ1) is 12.2. The van der Waals surface area contributed by atoms with Crippen LogP contribution in [0, 0.1) is 0 Å². The molecule has 0 aliphatic heterocycles. The van der Waals surface area contributed by atoms with Gasteiger partial charge in [0.05, 0.1) is 13.7 Å². The van der Waals surface area contributed by atoms with Gasteiger partial charge < -0.3 is 20.7 Å². The number of aliphatic imine (C=N–C) groups is 1. The van der Waals surface area contributed by atoms with E-state index in [4.69, 9.17) is 4.74 Å². The second kappa shape index (κ2) is 10.4. The number of thiophene rings is 1. The highest BCUT2D eigenvalue weighted by Crippen LogP contribution is 2.10. The molecule has 0 fully saturated rings. The number of ether oxygens (including phenoxy) is 1. The Morgan fingerprint density at radius 1 is 1.16 bits per heavy atom. The summed E-state index contributed by atoms with van der Waals surface area (Å²) in [4.78, 5) is 17.4. The molecule has 25 heavy (non-hydrogen) atoms. The van der Waals surface area contributed by atoms with E-state index in [-0.39, 0.29) is 12.5 Å². The highest BCUT2D eigenvalue weighted by Gasteiger charge is 2.04. The third kappa shape index (κ3) is 6.84. The Labute approximate surface area is 152 Å². The number of carbonyl (C=O) groups excluding carboxylic acids is 1. The van der Waals surface area contributed by atoms with Crippen LogP contribution >= 0.6 is 11.3 Å². The molecule has 1 amide bonds. The first kappa shape index (κ1) is 18.8. The Bertz CT molecular complexity index is 669. The molecule has 0 saturated carbocycles. The van der Waals surface area contributed by atoms with Crippen LogP contribution in [0.5, 0.6) is 5.75 Å². The molecule has 0 aliphatic rings. The van der Waals surface area contributed by atoms with Gasteiger partial charge >= 0.3 is 0 Å². The molecule has 1 aromatic heterocycles. The van der Waals surface area contributed by atoms with E-state index in [9.17, 15) is 4.79 Å². The highest BCUT2D eigenvalue weighted by atomic mass is 32.1. The van der Waals surface area contributed by atoms with E-state index in [1.807, 2.05) is 30.3 Å². The molecule has 7 heteroatoms. The zero-order valence-electron chi connectivity index (χ0n) is 14.5. The Hall–Kier alpha value is -2.54. The molecule has 6 nitrogen and oxygen atoms in total. The van der Waals surface area contributed by atoms with E-state index in [0.717, 1.165) is 24.3 Å². The van der Waals surface area contributed by atoms with Crippen molar-refractivity contribution < 1.29 is 9.53 Å². The molecule has 0 atom stereocenters. The van der Waals surface area contributed by atoms with Crippen molar-refractivity contribution in [3.8, 4) is 5.75 Å². The quantitative estimate of drug-likeness (QED) is 0.496. The molecule has 0 aliphatic carbocycles. The number of nitrogens with zero attached hydrogens (tertiary/aromatic N) is 1. The molecule has 134 valence electrons. The van der Waals surface area contributed by atoms with Crippen LogP contribution in [-0.2, 0) is 17.8 Å². The van der Waals surface area contributed by atoms with Crippen molar-refractivity contribution in [1.29, 1.82) is 0 Å². The van der Waals surface area contributed by atoms with Crippen LogP contribution in [0.15, 0.2) is 46.8 Å². The van der Waals surface area contributed by atoms with E-state index in [2.05, 4.69) is 32.4 Å². The van der Waals surface area contributed by atoms with Crippen LogP contribution in [0.3, 0.4) is 0 Å². The summed E-state index contributed by atoms with van der Waals surface area (Å²) < 4.78 is 5.11. The summed E-state index contributed by atoms with van der Waals surface area (Å²) in [5.41, 5.74) is 1.02. The third-order valence-electron chi connectivity index (χ3n) is 3.53. The Kier molecular flexibility index (Phi) is 7.78. The maximum atomic E-state index is 11.9. The predicted molar refractivity (Wildman–Crippen MR) is 102 cm³/mol.